The largest absolute Gasteiger partial charge is 0.340 e. The van der Waals surface area contributed by atoms with E-state index in [1.165, 1.54) is 16.8 Å². The second kappa shape index (κ2) is 8.03. The summed E-state index contributed by atoms with van der Waals surface area (Å²) in [6, 6.07) is 5.85. The summed E-state index contributed by atoms with van der Waals surface area (Å²) in [6.07, 6.45) is 0.745. The fraction of sp³-hybridized carbons (Fsp3) is 0.333. The average Bonchev–Trinajstić information content (AvgIpc) is 3.05. The van der Waals surface area contributed by atoms with Crippen molar-refractivity contribution < 1.29 is 9.59 Å². The summed E-state index contributed by atoms with van der Waals surface area (Å²) in [5, 5.41) is 13.9. The maximum absolute atomic E-state index is 12.4. The van der Waals surface area contributed by atoms with Crippen LogP contribution in [0.2, 0.25) is 5.02 Å². The van der Waals surface area contributed by atoms with Crippen molar-refractivity contribution in [1.82, 2.24) is 15.5 Å². The molecule has 2 N–H and O–H groups in total. The molecule has 2 rings (SSSR count). The lowest BCUT2D eigenvalue weighted by molar-refractivity contribution is -0.119. The SMILES string of the molecule is CCC(C)C(NC(=O)c1ccc(Cl)cc1)C(=O)Nc1nncs1. The number of halogens is 1. The molecule has 1 aromatic heterocycles. The van der Waals surface area contributed by atoms with Gasteiger partial charge in [-0.2, -0.15) is 0 Å². The van der Waals surface area contributed by atoms with Crippen LogP contribution < -0.4 is 10.6 Å². The highest BCUT2D eigenvalue weighted by atomic mass is 35.5. The van der Waals surface area contributed by atoms with Crippen LogP contribution in [0, 0.1) is 5.92 Å². The van der Waals surface area contributed by atoms with E-state index >= 15 is 0 Å². The fourth-order valence-electron chi connectivity index (χ4n) is 1.94. The molecule has 0 spiro atoms. The Morgan fingerprint density at radius 2 is 2.00 bits per heavy atom. The number of carbonyl (C=O) groups excluding carboxylic acids is 2. The predicted octanol–water partition coefficient (Wildman–Crippen LogP) is 2.97. The smallest absolute Gasteiger partial charge is 0.251 e. The molecule has 2 atom stereocenters. The van der Waals surface area contributed by atoms with E-state index in [-0.39, 0.29) is 17.7 Å². The minimum Gasteiger partial charge on any atom is -0.340 e. The maximum atomic E-state index is 12.4. The van der Waals surface area contributed by atoms with Crippen molar-refractivity contribution >= 4 is 39.9 Å². The quantitative estimate of drug-likeness (QED) is 0.837. The van der Waals surface area contributed by atoms with Gasteiger partial charge < -0.3 is 5.32 Å². The third-order valence-electron chi connectivity index (χ3n) is 3.48. The molecular formula is C15H17ClN4O2S. The van der Waals surface area contributed by atoms with Crippen molar-refractivity contribution in [2.24, 2.45) is 5.92 Å². The molecular weight excluding hydrogens is 336 g/mol. The van der Waals surface area contributed by atoms with Gasteiger partial charge in [0.2, 0.25) is 11.0 Å². The molecule has 0 aliphatic rings. The standard InChI is InChI=1S/C15H17ClN4O2S/c1-3-9(2)12(14(22)19-15-20-17-8-23-15)18-13(21)10-4-6-11(16)7-5-10/h4-9,12H,3H2,1-2H3,(H,18,21)(H,19,20,22). The summed E-state index contributed by atoms with van der Waals surface area (Å²) in [7, 11) is 0. The topological polar surface area (TPSA) is 84.0 Å². The summed E-state index contributed by atoms with van der Waals surface area (Å²) < 4.78 is 0. The van der Waals surface area contributed by atoms with Gasteiger partial charge >= 0.3 is 0 Å². The summed E-state index contributed by atoms with van der Waals surface area (Å²) in [5.74, 6) is -0.656. The Labute approximate surface area is 143 Å². The minimum absolute atomic E-state index is 0.0285. The summed E-state index contributed by atoms with van der Waals surface area (Å²) in [5.41, 5.74) is 1.98. The van der Waals surface area contributed by atoms with E-state index in [0.717, 1.165) is 6.42 Å². The second-order valence-corrected chi connectivity index (χ2v) is 6.35. The Bertz CT molecular complexity index is 661. The number of benzene rings is 1. The van der Waals surface area contributed by atoms with Gasteiger partial charge in [-0.25, -0.2) is 0 Å². The number of carbonyl (C=O) groups is 2. The van der Waals surface area contributed by atoms with Crippen LogP contribution in [0.25, 0.3) is 0 Å². The van der Waals surface area contributed by atoms with E-state index in [2.05, 4.69) is 20.8 Å². The molecule has 0 aliphatic carbocycles. The van der Waals surface area contributed by atoms with Gasteiger partial charge in [-0.3, -0.25) is 14.9 Å². The Hall–Kier alpha value is -1.99. The van der Waals surface area contributed by atoms with E-state index in [4.69, 9.17) is 11.6 Å². The molecule has 2 aromatic rings. The zero-order valence-electron chi connectivity index (χ0n) is 12.7. The highest BCUT2D eigenvalue weighted by molar-refractivity contribution is 7.13. The molecule has 0 radical (unpaired) electrons. The summed E-state index contributed by atoms with van der Waals surface area (Å²) in [6.45, 7) is 3.87. The summed E-state index contributed by atoms with van der Waals surface area (Å²) in [4.78, 5) is 24.8. The minimum atomic E-state index is -0.660. The first-order chi connectivity index (χ1) is 11.0. The van der Waals surface area contributed by atoms with Crippen molar-refractivity contribution in [3.05, 3.63) is 40.4 Å². The van der Waals surface area contributed by atoms with Gasteiger partial charge in [0.1, 0.15) is 11.6 Å². The third kappa shape index (κ3) is 4.74. The fourth-order valence-corrected chi connectivity index (χ4v) is 2.51. The Balaban J connectivity index is 2.10. The van der Waals surface area contributed by atoms with Gasteiger partial charge in [-0.05, 0) is 30.2 Å². The van der Waals surface area contributed by atoms with Gasteiger partial charge in [0.05, 0.1) is 0 Å². The number of nitrogens with zero attached hydrogens (tertiary/aromatic N) is 2. The van der Waals surface area contributed by atoms with Gasteiger partial charge in [0.25, 0.3) is 5.91 Å². The number of hydrogen-bond donors (Lipinski definition) is 2. The lowest BCUT2D eigenvalue weighted by Crippen LogP contribution is -2.47. The molecule has 0 aliphatic heterocycles. The van der Waals surface area contributed by atoms with Gasteiger partial charge in [-0.15, -0.1) is 10.2 Å². The first-order valence-electron chi connectivity index (χ1n) is 7.14. The zero-order chi connectivity index (χ0) is 16.8. The van der Waals surface area contributed by atoms with Crippen molar-refractivity contribution in [2.45, 2.75) is 26.3 Å². The van der Waals surface area contributed by atoms with E-state index in [1.54, 1.807) is 24.3 Å². The second-order valence-electron chi connectivity index (χ2n) is 5.08. The maximum Gasteiger partial charge on any atom is 0.251 e. The average molecular weight is 353 g/mol. The number of anilines is 1. The molecule has 1 heterocycles. The molecule has 0 bridgehead atoms. The van der Waals surface area contributed by atoms with Crippen LogP contribution in [0.1, 0.15) is 30.6 Å². The number of aromatic nitrogens is 2. The predicted molar refractivity (Wildman–Crippen MR) is 90.7 cm³/mol. The number of nitrogens with one attached hydrogen (secondary N) is 2. The van der Waals surface area contributed by atoms with Gasteiger partial charge in [-0.1, -0.05) is 43.2 Å². The highest BCUT2D eigenvalue weighted by Gasteiger charge is 2.27. The van der Waals surface area contributed by atoms with E-state index in [1.807, 2.05) is 13.8 Å². The highest BCUT2D eigenvalue weighted by Crippen LogP contribution is 2.15. The lowest BCUT2D eigenvalue weighted by Gasteiger charge is -2.23. The monoisotopic (exact) mass is 352 g/mol. The first-order valence-corrected chi connectivity index (χ1v) is 8.40. The molecule has 122 valence electrons. The molecule has 6 nitrogen and oxygen atoms in total. The molecule has 0 saturated heterocycles. The van der Waals surface area contributed by atoms with Crippen molar-refractivity contribution in [3.8, 4) is 0 Å². The molecule has 1 aromatic carbocycles. The van der Waals surface area contributed by atoms with Crippen LogP contribution in [0.5, 0.6) is 0 Å². The van der Waals surface area contributed by atoms with Crippen LogP contribution in [0.3, 0.4) is 0 Å². The van der Waals surface area contributed by atoms with Crippen LogP contribution >= 0.6 is 22.9 Å². The number of rotatable bonds is 6. The Morgan fingerprint density at radius 1 is 1.30 bits per heavy atom. The zero-order valence-corrected chi connectivity index (χ0v) is 14.3. The van der Waals surface area contributed by atoms with Gasteiger partial charge in [0, 0.05) is 10.6 Å². The molecule has 8 heteroatoms. The number of amides is 2. The normalized spacial score (nSPS) is 13.2. The Kier molecular flexibility index (Phi) is 6.06. The van der Waals surface area contributed by atoms with E-state index < -0.39 is 6.04 Å². The molecule has 2 amide bonds. The molecule has 0 fully saturated rings. The van der Waals surface area contributed by atoms with E-state index in [0.29, 0.717) is 15.7 Å². The summed E-state index contributed by atoms with van der Waals surface area (Å²) >= 11 is 7.04. The number of hydrogen-bond acceptors (Lipinski definition) is 5. The molecule has 0 saturated carbocycles. The third-order valence-corrected chi connectivity index (χ3v) is 4.34. The van der Waals surface area contributed by atoms with Crippen LogP contribution in [0.15, 0.2) is 29.8 Å². The molecule has 23 heavy (non-hydrogen) atoms. The van der Waals surface area contributed by atoms with Gasteiger partial charge in [0.15, 0.2) is 0 Å². The Morgan fingerprint density at radius 3 is 2.57 bits per heavy atom. The van der Waals surface area contributed by atoms with Crippen molar-refractivity contribution in [1.29, 1.82) is 0 Å². The van der Waals surface area contributed by atoms with Crippen LogP contribution in [-0.2, 0) is 4.79 Å². The van der Waals surface area contributed by atoms with Crippen molar-refractivity contribution in [2.75, 3.05) is 5.32 Å². The molecule has 2 unspecified atom stereocenters. The lowest BCUT2D eigenvalue weighted by atomic mass is 9.98. The van der Waals surface area contributed by atoms with Crippen LogP contribution in [0.4, 0.5) is 5.13 Å². The van der Waals surface area contributed by atoms with E-state index in [9.17, 15) is 9.59 Å². The van der Waals surface area contributed by atoms with Crippen molar-refractivity contribution in [3.63, 3.8) is 0 Å². The van der Waals surface area contributed by atoms with Crippen LogP contribution in [-0.4, -0.2) is 28.1 Å². The first kappa shape index (κ1) is 17.4.